The van der Waals surface area contributed by atoms with Crippen LogP contribution < -0.4 is 5.73 Å². The summed E-state index contributed by atoms with van der Waals surface area (Å²) in [6.07, 6.45) is 1.31. The first kappa shape index (κ1) is 14.3. The van der Waals surface area contributed by atoms with Gasteiger partial charge in [-0.05, 0) is 19.8 Å². The zero-order chi connectivity index (χ0) is 13.1. The fraction of sp³-hybridized carbons (Fsp3) is 0.778. The molecule has 98 valence electrons. The van der Waals surface area contributed by atoms with Crippen molar-refractivity contribution in [2.24, 2.45) is 5.73 Å². The molecule has 1 saturated heterocycles. The van der Waals surface area contributed by atoms with Crippen LogP contribution in [0, 0.1) is 0 Å². The van der Waals surface area contributed by atoms with E-state index < -0.39 is 27.8 Å². The minimum absolute atomic E-state index is 0.148. The predicted molar refractivity (Wildman–Crippen MR) is 66.9 cm³/mol. The van der Waals surface area contributed by atoms with E-state index in [1.807, 2.05) is 0 Å². The molecule has 0 aromatic heterocycles. The summed E-state index contributed by atoms with van der Waals surface area (Å²) in [4.78, 5) is 11.3. The van der Waals surface area contributed by atoms with Gasteiger partial charge in [-0.15, -0.1) is 0 Å². The van der Waals surface area contributed by atoms with Crippen molar-refractivity contribution in [3.8, 4) is 0 Å². The van der Waals surface area contributed by atoms with Gasteiger partial charge in [0.15, 0.2) is 5.75 Å². The summed E-state index contributed by atoms with van der Waals surface area (Å²) >= 11 is 4.82. The number of esters is 1. The number of thiocarbonyl (C=S) groups is 1. The van der Waals surface area contributed by atoms with Gasteiger partial charge in [-0.3, -0.25) is 4.79 Å². The fourth-order valence-corrected chi connectivity index (χ4v) is 3.66. The van der Waals surface area contributed by atoms with E-state index in [2.05, 4.69) is 4.74 Å². The summed E-state index contributed by atoms with van der Waals surface area (Å²) in [5.41, 5.74) is 5.48. The Kier molecular flexibility index (Phi) is 4.84. The van der Waals surface area contributed by atoms with E-state index in [4.69, 9.17) is 18.0 Å². The summed E-state index contributed by atoms with van der Waals surface area (Å²) in [6, 6.07) is -0.468. The number of carbonyl (C=O) groups excluding carboxylic acids is 1. The number of rotatable bonds is 5. The Bertz CT molecular complexity index is 407. The first-order chi connectivity index (χ1) is 7.88. The Morgan fingerprint density at radius 2 is 2.24 bits per heavy atom. The van der Waals surface area contributed by atoms with Crippen LogP contribution in [0.15, 0.2) is 0 Å². The standard InChI is InChI=1S/C9H16N2O4S2/c1-2-15-8(12)6-17(13,14)11-5-3-4-7(11)9(10)16/h7H,2-6H2,1H3,(H2,10,16). The SMILES string of the molecule is CCOC(=O)CS(=O)(=O)N1CCCC1C(N)=S. The molecule has 0 bridgehead atoms. The molecule has 1 fully saturated rings. The third kappa shape index (κ3) is 3.62. The molecule has 0 radical (unpaired) electrons. The highest BCUT2D eigenvalue weighted by molar-refractivity contribution is 7.90. The molecule has 17 heavy (non-hydrogen) atoms. The van der Waals surface area contributed by atoms with Gasteiger partial charge >= 0.3 is 5.97 Å². The maximum Gasteiger partial charge on any atom is 0.322 e. The normalized spacial score (nSPS) is 21.4. The van der Waals surface area contributed by atoms with E-state index in [0.29, 0.717) is 19.4 Å². The Morgan fingerprint density at radius 3 is 2.76 bits per heavy atom. The van der Waals surface area contributed by atoms with Gasteiger partial charge in [0.05, 0.1) is 17.6 Å². The van der Waals surface area contributed by atoms with Crippen LogP contribution in [0.5, 0.6) is 0 Å². The molecule has 8 heteroatoms. The lowest BCUT2D eigenvalue weighted by Gasteiger charge is -2.22. The Balaban J connectivity index is 2.76. The van der Waals surface area contributed by atoms with E-state index in [1.165, 1.54) is 4.31 Å². The summed E-state index contributed by atoms with van der Waals surface area (Å²) in [5, 5.41) is 0. The first-order valence-corrected chi connectivity index (χ1v) is 7.34. The quantitative estimate of drug-likeness (QED) is 0.546. The fourth-order valence-electron chi connectivity index (χ4n) is 1.79. The molecule has 0 aromatic rings. The number of hydrogen-bond donors (Lipinski definition) is 1. The van der Waals surface area contributed by atoms with Crippen LogP contribution in [0.3, 0.4) is 0 Å². The van der Waals surface area contributed by atoms with Gasteiger partial charge in [0, 0.05) is 6.54 Å². The van der Waals surface area contributed by atoms with Crippen molar-refractivity contribution in [3.63, 3.8) is 0 Å². The van der Waals surface area contributed by atoms with E-state index >= 15 is 0 Å². The maximum absolute atomic E-state index is 11.9. The van der Waals surface area contributed by atoms with Crippen molar-refractivity contribution in [1.82, 2.24) is 4.31 Å². The zero-order valence-electron chi connectivity index (χ0n) is 9.59. The Morgan fingerprint density at radius 1 is 1.59 bits per heavy atom. The second-order valence-corrected chi connectivity index (χ2v) is 6.13. The van der Waals surface area contributed by atoms with Crippen molar-refractivity contribution in [2.75, 3.05) is 18.9 Å². The van der Waals surface area contributed by atoms with Crippen LogP contribution in [-0.4, -0.2) is 48.6 Å². The Labute approximate surface area is 106 Å². The van der Waals surface area contributed by atoms with E-state index in [9.17, 15) is 13.2 Å². The average molecular weight is 280 g/mol. The third-order valence-electron chi connectivity index (χ3n) is 2.49. The molecular formula is C9H16N2O4S2. The maximum atomic E-state index is 11.9. The summed E-state index contributed by atoms with van der Waals surface area (Å²) in [5.74, 6) is -1.40. The highest BCUT2D eigenvalue weighted by atomic mass is 32.2. The van der Waals surface area contributed by atoms with Crippen LogP contribution >= 0.6 is 12.2 Å². The second kappa shape index (κ2) is 5.74. The molecule has 0 spiro atoms. The first-order valence-electron chi connectivity index (χ1n) is 5.33. The summed E-state index contributed by atoms with van der Waals surface area (Å²) in [6.45, 7) is 2.13. The van der Waals surface area contributed by atoms with Crippen molar-refractivity contribution in [2.45, 2.75) is 25.8 Å². The van der Waals surface area contributed by atoms with Crippen molar-refractivity contribution >= 4 is 33.2 Å². The molecule has 1 aliphatic rings. The minimum atomic E-state index is -3.68. The molecule has 0 aromatic carbocycles. The largest absolute Gasteiger partial charge is 0.465 e. The molecule has 1 unspecified atom stereocenters. The lowest BCUT2D eigenvalue weighted by atomic mass is 10.2. The Hall–Kier alpha value is -0.730. The molecule has 1 heterocycles. The van der Waals surface area contributed by atoms with Gasteiger partial charge in [0.25, 0.3) is 0 Å². The van der Waals surface area contributed by atoms with Gasteiger partial charge in [0.1, 0.15) is 0 Å². The summed E-state index contributed by atoms with van der Waals surface area (Å²) in [7, 11) is -3.68. The van der Waals surface area contributed by atoms with Gasteiger partial charge in [-0.25, -0.2) is 8.42 Å². The molecular weight excluding hydrogens is 264 g/mol. The molecule has 2 N–H and O–H groups in total. The second-order valence-electron chi connectivity index (χ2n) is 3.73. The van der Waals surface area contributed by atoms with Gasteiger partial charge in [-0.2, -0.15) is 4.31 Å². The highest BCUT2D eigenvalue weighted by Gasteiger charge is 2.37. The smallest absolute Gasteiger partial charge is 0.322 e. The molecule has 1 rings (SSSR count). The van der Waals surface area contributed by atoms with E-state index in [0.717, 1.165) is 0 Å². The predicted octanol–water partition coefficient (Wildman–Crippen LogP) is -0.370. The van der Waals surface area contributed by atoms with E-state index in [1.54, 1.807) is 6.92 Å². The minimum Gasteiger partial charge on any atom is -0.465 e. The van der Waals surface area contributed by atoms with E-state index in [-0.39, 0.29) is 11.6 Å². The van der Waals surface area contributed by atoms with Crippen LogP contribution in [0.2, 0.25) is 0 Å². The van der Waals surface area contributed by atoms with Gasteiger partial charge < -0.3 is 10.5 Å². The lowest BCUT2D eigenvalue weighted by molar-refractivity contribution is -0.140. The number of sulfonamides is 1. The third-order valence-corrected chi connectivity index (χ3v) is 4.52. The number of hydrogen-bond acceptors (Lipinski definition) is 5. The zero-order valence-corrected chi connectivity index (χ0v) is 11.2. The molecule has 0 saturated carbocycles. The molecule has 1 atom stereocenters. The lowest BCUT2D eigenvalue weighted by Crippen LogP contribution is -2.45. The molecule has 0 aliphatic carbocycles. The van der Waals surface area contributed by atoms with Crippen LogP contribution in [-0.2, 0) is 19.6 Å². The van der Waals surface area contributed by atoms with Crippen LogP contribution in [0.1, 0.15) is 19.8 Å². The average Bonchev–Trinajstić information content (AvgIpc) is 2.65. The summed E-state index contributed by atoms with van der Waals surface area (Å²) < 4.78 is 29.7. The molecule has 6 nitrogen and oxygen atoms in total. The van der Waals surface area contributed by atoms with Crippen LogP contribution in [0.25, 0.3) is 0 Å². The van der Waals surface area contributed by atoms with Crippen molar-refractivity contribution < 1.29 is 17.9 Å². The monoisotopic (exact) mass is 280 g/mol. The van der Waals surface area contributed by atoms with Crippen molar-refractivity contribution in [3.05, 3.63) is 0 Å². The molecule has 0 amide bonds. The number of ether oxygens (including phenoxy) is 1. The number of carbonyl (C=O) groups is 1. The molecule has 1 aliphatic heterocycles. The number of nitrogens with zero attached hydrogens (tertiary/aromatic N) is 1. The van der Waals surface area contributed by atoms with Gasteiger partial charge in [-0.1, -0.05) is 12.2 Å². The van der Waals surface area contributed by atoms with Crippen LogP contribution in [0.4, 0.5) is 0 Å². The van der Waals surface area contributed by atoms with Gasteiger partial charge in [0.2, 0.25) is 10.0 Å². The topological polar surface area (TPSA) is 89.7 Å². The highest BCUT2D eigenvalue weighted by Crippen LogP contribution is 2.21. The number of nitrogens with two attached hydrogens (primary N) is 1. The van der Waals surface area contributed by atoms with Crippen molar-refractivity contribution in [1.29, 1.82) is 0 Å².